The van der Waals surface area contributed by atoms with Gasteiger partial charge in [-0.1, -0.05) is 0 Å². The second kappa shape index (κ2) is 15.4. The van der Waals surface area contributed by atoms with Crippen LogP contribution in [0.4, 0.5) is 0 Å². The highest BCUT2D eigenvalue weighted by atomic mass is 16.7. The lowest BCUT2D eigenvalue weighted by Gasteiger charge is -2.43. The van der Waals surface area contributed by atoms with E-state index in [1.807, 2.05) is 77.0 Å². The van der Waals surface area contributed by atoms with Crippen molar-refractivity contribution in [3.05, 3.63) is 0 Å². The van der Waals surface area contributed by atoms with Gasteiger partial charge in [-0.25, -0.2) is 4.90 Å². The summed E-state index contributed by atoms with van der Waals surface area (Å²) in [4.78, 5) is 32.7. The van der Waals surface area contributed by atoms with Crippen molar-refractivity contribution in [1.29, 1.82) is 0 Å². The number of aliphatic hydroxyl groups excluding tert-OH is 2. The standard InChI is InChI=1S/C30H58N4O9/c1-27(2,3)41-25(38)20-31-10-11-32(21-26(39)42-28(4,5)6)13-16-34-17-15-33(14-12-31)22(23(35)18-24(36)37)19-30(34,40)43-29(7,8)9/h22,25-26,38-40H,10-21H2,1-9H3,(H,36,37). The third kappa shape index (κ3) is 14.1. The summed E-state index contributed by atoms with van der Waals surface area (Å²) < 4.78 is 17.8. The van der Waals surface area contributed by atoms with Crippen molar-refractivity contribution in [2.75, 3.05) is 65.4 Å². The molecule has 43 heavy (non-hydrogen) atoms. The summed E-state index contributed by atoms with van der Waals surface area (Å²) in [5.74, 6) is -3.55. The number of aliphatic carboxylic acids is 1. The Labute approximate surface area is 257 Å². The molecule has 2 aliphatic rings. The Morgan fingerprint density at radius 3 is 1.60 bits per heavy atom. The fourth-order valence-corrected chi connectivity index (χ4v) is 5.56. The van der Waals surface area contributed by atoms with E-state index in [4.69, 9.17) is 14.2 Å². The van der Waals surface area contributed by atoms with Crippen molar-refractivity contribution in [2.45, 2.75) is 116 Å². The summed E-state index contributed by atoms with van der Waals surface area (Å²) in [5, 5.41) is 42.9. The van der Waals surface area contributed by atoms with Crippen LogP contribution in [0.5, 0.6) is 0 Å². The van der Waals surface area contributed by atoms with Crippen LogP contribution >= 0.6 is 0 Å². The maximum atomic E-state index is 13.3. The zero-order valence-electron chi connectivity index (χ0n) is 27.8. The third-order valence-corrected chi connectivity index (χ3v) is 7.15. The molecule has 6 atom stereocenters. The highest BCUT2D eigenvalue weighted by Gasteiger charge is 2.47. The SMILES string of the molecule is CC(C)(C)OC(O)CN1CCN(CC(O)OC(C)(C)C)CCN2CCN(CC1)C(C(=O)CC(=O)O)CC2(O)OC(C)(C)C. The fraction of sp³-hybridized carbons (Fsp3) is 0.933. The Hall–Kier alpha value is -1.26. The van der Waals surface area contributed by atoms with Gasteiger partial charge < -0.3 is 34.6 Å². The van der Waals surface area contributed by atoms with E-state index in [0.29, 0.717) is 52.4 Å². The van der Waals surface area contributed by atoms with Gasteiger partial charge in [0.1, 0.15) is 6.42 Å². The van der Waals surface area contributed by atoms with Gasteiger partial charge in [0.05, 0.1) is 22.8 Å². The molecule has 2 fully saturated rings. The first kappa shape index (κ1) is 37.9. The molecule has 2 heterocycles. The summed E-state index contributed by atoms with van der Waals surface area (Å²) in [5.41, 5.74) is -1.85. The molecule has 13 heteroatoms. The molecule has 6 unspecified atom stereocenters. The molecule has 252 valence electrons. The third-order valence-electron chi connectivity index (χ3n) is 7.15. The van der Waals surface area contributed by atoms with Gasteiger partial charge in [-0.05, 0) is 62.3 Å². The lowest BCUT2D eigenvalue weighted by Crippen LogP contribution is -2.57. The molecule has 0 saturated carbocycles. The second-order valence-corrected chi connectivity index (χ2v) is 14.7. The van der Waals surface area contributed by atoms with Crippen molar-refractivity contribution >= 4 is 11.8 Å². The van der Waals surface area contributed by atoms with Crippen molar-refractivity contribution in [2.24, 2.45) is 0 Å². The molecule has 0 aliphatic carbocycles. The lowest BCUT2D eigenvalue weighted by molar-refractivity contribution is -0.330. The number of rotatable bonds is 10. The van der Waals surface area contributed by atoms with E-state index in [2.05, 4.69) is 4.90 Å². The van der Waals surface area contributed by atoms with Crippen molar-refractivity contribution < 1.29 is 44.2 Å². The Morgan fingerprint density at radius 2 is 1.16 bits per heavy atom. The molecule has 0 aromatic heterocycles. The van der Waals surface area contributed by atoms with Crippen LogP contribution < -0.4 is 0 Å². The van der Waals surface area contributed by atoms with E-state index >= 15 is 0 Å². The zero-order chi connectivity index (χ0) is 32.8. The number of hydrogen-bond acceptors (Lipinski definition) is 12. The van der Waals surface area contributed by atoms with E-state index in [0.717, 1.165) is 0 Å². The first-order valence-corrected chi connectivity index (χ1v) is 15.4. The minimum atomic E-state index is -1.83. The molecular weight excluding hydrogens is 560 g/mol. The molecule has 0 radical (unpaired) electrons. The van der Waals surface area contributed by atoms with Crippen LogP contribution in [-0.2, 0) is 23.8 Å². The van der Waals surface area contributed by atoms with E-state index < -0.39 is 59.5 Å². The predicted octanol–water partition coefficient (Wildman–Crippen LogP) is 0.752. The van der Waals surface area contributed by atoms with Crippen LogP contribution in [0.15, 0.2) is 0 Å². The molecule has 13 nitrogen and oxygen atoms in total. The Balaban J connectivity index is 2.45. The van der Waals surface area contributed by atoms with Crippen LogP contribution in [0.1, 0.15) is 75.2 Å². The van der Waals surface area contributed by atoms with Crippen molar-refractivity contribution in [1.82, 2.24) is 19.6 Å². The molecule has 0 aromatic rings. The topological polar surface area (TPSA) is 156 Å². The molecule has 2 saturated heterocycles. The van der Waals surface area contributed by atoms with Crippen LogP contribution in [0, 0.1) is 0 Å². The molecule has 2 rings (SSSR count). The van der Waals surface area contributed by atoms with Gasteiger partial charge in [-0.2, -0.15) is 0 Å². The zero-order valence-corrected chi connectivity index (χ0v) is 27.8. The highest BCUT2D eigenvalue weighted by molar-refractivity contribution is 5.97. The summed E-state index contributed by atoms with van der Waals surface area (Å²) in [7, 11) is 0. The van der Waals surface area contributed by atoms with E-state index in [1.54, 1.807) is 0 Å². The van der Waals surface area contributed by atoms with Gasteiger partial charge in [0.15, 0.2) is 18.4 Å². The molecule has 0 spiro atoms. The van der Waals surface area contributed by atoms with Crippen LogP contribution in [0.2, 0.25) is 0 Å². The molecule has 2 bridgehead atoms. The average Bonchev–Trinajstić information content (AvgIpc) is 2.89. The molecule has 0 aromatic carbocycles. The van der Waals surface area contributed by atoms with Crippen LogP contribution in [-0.4, -0.2) is 159 Å². The smallest absolute Gasteiger partial charge is 0.310 e. The van der Waals surface area contributed by atoms with Gasteiger partial charge in [0.25, 0.3) is 0 Å². The molecule has 2 aliphatic heterocycles. The van der Waals surface area contributed by atoms with Gasteiger partial charge >= 0.3 is 5.97 Å². The molecule has 0 amide bonds. The van der Waals surface area contributed by atoms with E-state index in [1.165, 1.54) is 0 Å². The monoisotopic (exact) mass is 618 g/mol. The number of nitrogens with zero attached hydrogens (tertiary/aromatic N) is 4. The van der Waals surface area contributed by atoms with Gasteiger partial charge in [0.2, 0.25) is 5.91 Å². The minimum absolute atomic E-state index is 0.123. The summed E-state index contributed by atoms with van der Waals surface area (Å²) in [6.07, 6.45) is -2.88. The summed E-state index contributed by atoms with van der Waals surface area (Å²) >= 11 is 0. The number of β-amino-alcohol motifs (C(OH)–C–C–N with tert-alkyl or cyclic N) is 2. The number of carboxylic acid groups (broad SMARTS) is 1. The number of ether oxygens (including phenoxy) is 3. The van der Waals surface area contributed by atoms with Gasteiger partial charge in [0, 0.05) is 71.9 Å². The number of hydrogen-bond donors (Lipinski definition) is 4. The minimum Gasteiger partial charge on any atom is -0.481 e. The number of Topliss-reactive ketones (excluding diaryl/α,β-unsaturated/α-hetero) is 1. The van der Waals surface area contributed by atoms with E-state index in [9.17, 15) is 30.0 Å². The number of fused-ring (bicyclic) bond motifs is 3. The van der Waals surface area contributed by atoms with Crippen molar-refractivity contribution in [3.8, 4) is 0 Å². The Kier molecular flexibility index (Phi) is 13.5. The van der Waals surface area contributed by atoms with Crippen LogP contribution in [0.3, 0.4) is 0 Å². The number of carbonyl (C=O) groups is 2. The van der Waals surface area contributed by atoms with Crippen molar-refractivity contribution in [3.63, 3.8) is 0 Å². The maximum Gasteiger partial charge on any atom is 0.310 e. The van der Waals surface area contributed by atoms with Gasteiger partial charge in [-0.3, -0.25) is 24.3 Å². The highest BCUT2D eigenvalue weighted by Crippen LogP contribution is 2.31. The maximum absolute atomic E-state index is 13.3. The number of aliphatic hydroxyl groups is 3. The molecule has 4 N–H and O–H groups in total. The number of carbonyl (C=O) groups excluding carboxylic acids is 1. The molecular formula is C30H58N4O9. The normalized spacial score (nSPS) is 28.9. The Bertz CT molecular complexity index is 902. The van der Waals surface area contributed by atoms with Crippen LogP contribution in [0.25, 0.3) is 0 Å². The average molecular weight is 619 g/mol. The second-order valence-electron chi connectivity index (χ2n) is 14.7. The van der Waals surface area contributed by atoms with Gasteiger partial charge in [-0.15, -0.1) is 0 Å². The number of carboxylic acids is 1. The predicted molar refractivity (Wildman–Crippen MR) is 161 cm³/mol. The quantitative estimate of drug-likeness (QED) is 0.201. The largest absolute Gasteiger partial charge is 0.481 e. The summed E-state index contributed by atoms with van der Waals surface area (Å²) in [6.45, 7) is 20.6. The number of ketones is 1. The first-order valence-electron chi connectivity index (χ1n) is 15.4. The fourth-order valence-electron chi connectivity index (χ4n) is 5.56. The first-order chi connectivity index (χ1) is 19.6. The summed E-state index contributed by atoms with van der Waals surface area (Å²) in [6, 6.07) is -0.884. The van der Waals surface area contributed by atoms with E-state index in [-0.39, 0.29) is 19.5 Å². The lowest BCUT2D eigenvalue weighted by atomic mass is 10.0. The Morgan fingerprint density at radius 1 is 0.744 bits per heavy atom.